The van der Waals surface area contributed by atoms with Gasteiger partial charge in [0, 0.05) is 25.2 Å². The Morgan fingerprint density at radius 2 is 1.49 bits per heavy atom. The predicted octanol–water partition coefficient (Wildman–Crippen LogP) is 5.88. The third-order valence-electron chi connectivity index (χ3n) is 5.78. The zero-order valence-electron chi connectivity index (χ0n) is 20.2. The molecule has 1 amide bonds. The van der Waals surface area contributed by atoms with Gasteiger partial charge in [0.25, 0.3) is 0 Å². The summed E-state index contributed by atoms with van der Waals surface area (Å²) < 4.78 is 37.6. The Bertz CT molecular complexity index is 948. The first-order chi connectivity index (χ1) is 16.4. The van der Waals surface area contributed by atoms with Crippen molar-refractivity contribution in [3.05, 3.63) is 48.5 Å². The number of carbonyl (C=O) groups excluding carboxylic acids is 1. The fourth-order valence-electron chi connectivity index (χ4n) is 3.73. The smallest absolute Gasteiger partial charge is 0.490 e. The highest BCUT2D eigenvalue weighted by Gasteiger charge is 2.38. The number of hydrogen-bond donors (Lipinski definition) is 3. The maximum absolute atomic E-state index is 11.1. The van der Waals surface area contributed by atoms with E-state index in [1.165, 1.54) is 32.6 Å². The summed E-state index contributed by atoms with van der Waals surface area (Å²) in [6.45, 7) is 7.82. The molecule has 0 spiro atoms. The van der Waals surface area contributed by atoms with Crippen LogP contribution in [0.2, 0.25) is 0 Å². The van der Waals surface area contributed by atoms with Crippen LogP contribution in [0.25, 0.3) is 11.1 Å². The van der Waals surface area contributed by atoms with Gasteiger partial charge in [0.1, 0.15) is 12.4 Å². The van der Waals surface area contributed by atoms with Crippen LogP contribution in [0.5, 0.6) is 5.75 Å². The summed E-state index contributed by atoms with van der Waals surface area (Å²) in [5.74, 6) is -1.92. The average Bonchev–Trinajstić information content (AvgIpc) is 2.78. The van der Waals surface area contributed by atoms with Gasteiger partial charge in [-0.3, -0.25) is 4.79 Å². The van der Waals surface area contributed by atoms with Crippen molar-refractivity contribution in [3.8, 4) is 16.9 Å². The van der Waals surface area contributed by atoms with E-state index in [0.717, 1.165) is 29.1 Å². The zero-order valence-corrected chi connectivity index (χ0v) is 20.2. The predicted molar refractivity (Wildman–Crippen MR) is 129 cm³/mol. The molecule has 2 aromatic rings. The molecule has 0 heterocycles. The largest absolute Gasteiger partial charge is 0.492 e. The average molecular weight is 495 g/mol. The molecule has 0 atom stereocenters. The Hall–Kier alpha value is -3.07. The van der Waals surface area contributed by atoms with Gasteiger partial charge in [-0.05, 0) is 66.5 Å². The van der Waals surface area contributed by atoms with Crippen molar-refractivity contribution >= 4 is 17.6 Å². The second-order valence-corrected chi connectivity index (χ2v) is 9.33. The zero-order chi connectivity index (χ0) is 26.1. The maximum atomic E-state index is 11.1. The fourth-order valence-corrected chi connectivity index (χ4v) is 3.73. The quantitative estimate of drug-likeness (QED) is 0.418. The molecule has 1 saturated carbocycles. The number of aliphatic carboxylic acids is 1. The van der Waals surface area contributed by atoms with Crippen LogP contribution in [0.4, 0.5) is 18.9 Å². The maximum Gasteiger partial charge on any atom is 0.490 e. The number of hydrogen-bond acceptors (Lipinski definition) is 4. The van der Waals surface area contributed by atoms with Gasteiger partial charge < -0.3 is 20.5 Å². The number of carboxylic acid groups (broad SMARTS) is 1. The molecule has 2 aromatic carbocycles. The second kappa shape index (κ2) is 12.6. The number of carboxylic acids is 1. The molecule has 3 N–H and O–H groups in total. The first-order valence-electron chi connectivity index (χ1n) is 11.5. The lowest BCUT2D eigenvalue weighted by molar-refractivity contribution is -0.192. The normalized spacial score (nSPS) is 15.5. The molecule has 6 nitrogen and oxygen atoms in total. The monoisotopic (exact) mass is 494 g/mol. The summed E-state index contributed by atoms with van der Waals surface area (Å²) in [5, 5.41) is 13.5. The van der Waals surface area contributed by atoms with Gasteiger partial charge in [0.05, 0.1) is 0 Å². The minimum Gasteiger partial charge on any atom is -0.492 e. The first kappa shape index (κ1) is 28.2. The van der Waals surface area contributed by atoms with Crippen LogP contribution in [0.15, 0.2) is 48.5 Å². The third kappa shape index (κ3) is 10.4. The lowest BCUT2D eigenvalue weighted by atomic mass is 9.75. The Morgan fingerprint density at radius 3 is 1.94 bits per heavy atom. The van der Waals surface area contributed by atoms with Gasteiger partial charge >= 0.3 is 12.1 Å². The molecular formula is C26H33F3N2O4. The highest BCUT2D eigenvalue weighted by molar-refractivity contribution is 5.89. The van der Waals surface area contributed by atoms with Crippen molar-refractivity contribution in [1.29, 1.82) is 0 Å². The summed E-state index contributed by atoms with van der Waals surface area (Å²) in [6, 6.07) is 16.7. The van der Waals surface area contributed by atoms with E-state index in [4.69, 9.17) is 14.6 Å². The number of rotatable bonds is 7. The van der Waals surface area contributed by atoms with Crippen LogP contribution >= 0.6 is 0 Å². The number of carbonyl (C=O) groups is 2. The molecule has 1 aliphatic carbocycles. The summed E-state index contributed by atoms with van der Waals surface area (Å²) in [6.07, 6.45) is 0.0579. The number of amides is 1. The summed E-state index contributed by atoms with van der Waals surface area (Å²) in [4.78, 5) is 20.0. The number of benzene rings is 2. The van der Waals surface area contributed by atoms with E-state index in [1.54, 1.807) is 0 Å². The molecule has 9 heteroatoms. The SMILES string of the molecule is CC(=O)Nc1ccc(-c2ccc(OCCNC3CCC(C)(C)CC3)cc2)cc1.O=C(O)C(F)(F)F. The van der Waals surface area contributed by atoms with Crippen LogP contribution < -0.4 is 15.4 Å². The van der Waals surface area contributed by atoms with Crippen LogP contribution in [0.1, 0.15) is 46.5 Å². The summed E-state index contributed by atoms with van der Waals surface area (Å²) in [7, 11) is 0. The van der Waals surface area contributed by atoms with Crippen molar-refractivity contribution in [3.63, 3.8) is 0 Å². The van der Waals surface area contributed by atoms with Crippen molar-refractivity contribution in [2.45, 2.75) is 58.7 Å². The second-order valence-electron chi connectivity index (χ2n) is 9.33. The van der Waals surface area contributed by atoms with Crippen LogP contribution in [-0.2, 0) is 9.59 Å². The van der Waals surface area contributed by atoms with Gasteiger partial charge in [0.2, 0.25) is 5.91 Å². The fraction of sp³-hybridized carbons (Fsp3) is 0.462. The molecular weight excluding hydrogens is 461 g/mol. The van der Waals surface area contributed by atoms with E-state index in [2.05, 4.69) is 36.6 Å². The molecule has 0 aromatic heterocycles. The van der Waals surface area contributed by atoms with Crippen molar-refractivity contribution in [2.24, 2.45) is 5.41 Å². The van der Waals surface area contributed by atoms with E-state index in [1.807, 2.05) is 36.4 Å². The molecule has 0 aliphatic heterocycles. The Balaban J connectivity index is 0.000000540. The molecule has 192 valence electrons. The van der Waals surface area contributed by atoms with E-state index in [0.29, 0.717) is 18.1 Å². The van der Waals surface area contributed by atoms with Gasteiger partial charge in [-0.2, -0.15) is 13.2 Å². The van der Waals surface area contributed by atoms with Crippen molar-refractivity contribution in [1.82, 2.24) is 5.32 Å². The van der Waals surface area contributed by atoms with Gasteiger partial charge in [-0.15, -0.1) is 0 Å². The number of halogens is 3. The molecule has 35 heavy (non-hydrogen) atoms. The van der Waals surface area contributed by atoms with Crippen molar-refractivity contribution in [2.75, 3.05) is 18.5 Å². The lowest BCUT2D eigenvalue weighted by Gasteiger charge is -2.34. The molecule has 0 radical (unpaired) electrons. The van der Waals surface area contributed by atoms with Crippen LogP contribution in [0.3, 0.4) is 0 Å². The summed E-state index contributed by atoms with van der Waals surface area (Å²) in [5.41, 5.74) is 3.57. The molecule has 0 saturated heterocycles. The Kier molecular flexibility index (Phi) is 10.1. The molecule has 1 fully saturated rings. The van der Waals surface area contributed by atoms with E-state index >= 15 is 0 Å². The Morgan fingerprint density at radius 1 is 1.00 bits per heavy atom. The minimum absolute atomic E-state index is 0.0592. The van der Waals surface area contributed by atoms with E-state index < -0.39 is 12.1 Å². The highest BCUT2D eigenvalue weighted by atomic mass is 19.4. The highest BCUT2D eigenvalue weighted by Crippen LogP contribution is 2.34. The van der Waals surface area contributed by atoms with Gasteiger partial charge in [0.15, 0.2) is 0 Å². The minimum atomic E-state index is -5.08. The van der Waals surface area contributed by atoms with E-state index in [9.17, 15) is 18.0 Å². The summed E-state index contributed by atoms with van der Waals surface area (Å²) >= 11 is 0. The number of alkyl halides is 3. The topological polar surface area (TPSA) is 87.7 Å². The Labute approximate surface area is 203 Å². The molecule has 3 rings (SSSR count). The van der Waals surface area contributed by atoms with Crippen LogP contribution in [-0.4, -0.2) is 42.4 Å². The first-order valence-corrected chi connectivity index (χ1v) is 11.5. The molecule has 0 unspecified atom stereocenters. The van der Waals surface area contributed by atoms with E-state index in [-0.39, 0.29) is 5.91 Å². The van der Waals surface area contributed by atoms with Crippen LogP contribution in [0, 0.1) is 5.41 Å². The number of nitrogens with one attached hydrogen (secondary N) is 2. The standard InChI is InChI=1S/C24H32N2O2.C2HF3O2/c1-18(27)26-22-8-4-19(5-9-22)20-6-10-23(11-7-20)28-17-16-25-21-12-14-24(2,3)15-13-21;3-2(4,5)1(6)7/h4-11,21,25H,12-17H2,1-3H3,(H,26,27);(H,6,7). The van der Waals surface area contributed by atoms with Crippen molar-refractivity contribution < 1.29 is 32.6 Å². The molecule has 0 bridgehead atoms. The molecule has 1 aliphatic rings. The third-order valence-corrected chi connectivity index (χ3v) is 5.78. The number of anilines is 1. The van der Waals surface area contributed by atoms with Gasteiger partial charge in [-0.1, -0.05) is 38.1 Å². The van der Waals surface area contributed by atoms with Gasteiger partial charge in [-0.25, -0.2) is 4.79 Å². The number of ether oxygens (including phenoxy) is 1. The lowest BCUT2D eigenvalue weighted by Crippen LogP contribution is -2.37.